The fourth-order valence-corrected chi connectivity index (χ4v) is 7.67. The van der Waals surface area contributed by atoms with Gasteiger partial charge in [0.25, 0.3) is 0 Å². The number of rotatable bonds is 4. The van der Waals surface area contributed by atoms with Crippen LogP contribution in [0.1, 0.15) is 27.7 Å². The summed E-state index contributed by atoms with van der Waals surface area (Å²) in [5.74, 6) is 0.935. The van der Waals surface area contributed by atoms with Crippen LogP contribution >= 0.6 is 0 Å². The lowest BCUT2D eigenvalue weighted by atomic mass is 9.97. The van der Waals surface area contributed by atoms with Crippen LogP contribution in [0.4, 0.5) is 0 Å². The molecule has 0 N–H and O–H groups in total. The molecule has 0 radical (unpaired) electrons. The highest BCUT2D eigenvalue weighted by atomic mass is 16.3. The van der Waals surface area contributed by atoms with Crippen LogP contribution in [0, 0.1) is 0 Å². The summed E-state index contributed by atoms with van der Waals surface area (Å²) in [4.78, 5) is 5.04. The topological polar surface area (TPSA) is 44.1 Å². The van der Waals surface area contributed by atoms with Crippen molar-refractivity contribution < 1.29 is 8.83 Å². The molecule has 0 aliphatic carbocycles. The van der Waals surface area contributed by atoms with E-state index in [0.717, 1.165) is 83.1 Å². The van der Waals surface area contributed by atoms with Crippen molar-refractivity contribution in [3.63, 3.8) is 0 Å². The van der Waals surface area contributed by atoms with Crippen LogP contribution in [-0.2, 0) is 0 Å². The predicted octanol–water partition coefficient (Wildman–Crippen LogP) is 15.0. The number of imidazole rings is 1. The maximum Gasteiger partial charge on any atom is 0.145 e. The van der Waals surface area contributed by atoms with Gasteiger partial charge in [-0.3, -0.25) is 4.57 Å². The number of hydrogen-bond donors (Lipinski definition) is 0. The van der Waals surface area contributed by atoms with Gasteiger partial charge in [0, 0.05) is 32.8 Å². The van der Waals surface area contributed by atoms with Crippen molar-refractivity contribution in [2.75, 3.05) is 0 Å². The Balaban J connectivity index is 0.000000963. The van der Waals surface area contributed by atoms with Crippen LogP contribution in [0.5, 0.6) is 0 Å². The van der Waals surface area contributed by atoms with Crippen molar-refractivity contribution in [1.29, 1.82) is 0 Å². The zero-order valence-electron chi connectivity index (χ0n) is 31.4. The maximum atomic E-state index is 6.33. The van der Waals surface area contributed by atoms with E-state index >= 15 is 0 Å². The van der Waals surface area contributed by atoms with Gasteiger partial charge in [0.2, 0.25) is 0 Å². The van der Waals surface area contributed by atoms with E-state index in [1.807, 2.05) is 58.0 Å². The fraction of sp³-hybridized carbons (Fsp3) is 0.0784. The molecule has 0 aliphatic rings. The first-order chi connectivity index (χ1) is 27.2. The minimum absolute atomic E-state index is 0.869. The Morgan fingerprint density at radius 1 is 0.382 bits per heavy atom. The highest BCUT2D eigenvalue weighted by Gasteiger charge is 2.16. The van der Waals surface area contributed by atoms with Gasteiger partial charge in [0.15, 0.2) is 0 Å². The van der Waals surface area contributed by atoms with Gasteiger partial charge in [0.1, 0.15) is 28.2 Å². The number of hydrogen-bond acceptors (Lipinski definition) is 3. The van der Waals surface area contributed by atoms with Crippen molar-refractivity contribution in [2.45, 2.75) is 27.7 Å². The van der Waals surface area contributed by atoms with E-state index in [4.69, 9.17) is 13.8 Å². The average Bonchev–Trinajstić information content (AvgIpc) is 3.95. The van der Waals surface area contributed by atoms with Gasteiger partial charge >= 0.3 is 0 Å². The number of nitrogens with zero attached hydrogens (tertiary/aromatic N) is 2. The van der Waals surface area contributed by atoms with E-state index in [1.165, 1.54) is 21.9 Å². The summed E-state index contributed by atoms with van der Waals surface area (Å²) in [6.45, 7) is 8.00. The second-order valence-electron chi connectivity index (χ2n) is 13.2. The third-order valence-electron chi connectivity index (χ3n) is 10.2. The molecular formula is C51H40N2O2. The zero-order valence-corrected chi connectivity index (χ0v) is 31.4. The minimum Gasteiger partial charge on any atom is -0.456 e. The van der Waals surface area contributed by atoms with Crippen LogP contribution in [0.25, 0.3) is 105 Å². The fourth-order valence-electron chi connectivity index (χ4n) is 7.67. The van der Waals surface area contributed by atoms with Gasteiger partial charge in [0.05, 0.1) is 11.0 Å². The summed E-state index contributed by atoms with van der Waals surface area (Å²) in [7, 11) is 0. The van der Waals surface area contributed by atoms with E-state index in [-0.39, 0.29) is 0 Å². The summed E-state index contributed by atoms with van der Waals surface area (Å²) in [6, 6.07) is 59.8. The van der Waals surface area contributed by atoms with E-state index in [1.54, 1.807) is 0 Å². The third kappa shape index (κ3) is 5.84. The smallest absolute Gasteiger partial charge is 0.145 e. The van der Waals surface area contributed by atoms with Crippen molar-refractivity contribution in [2.24, 2.45) is 0 Å². The molecule has 0 saturated heterocycles. The highest BCUT2D eigenvalue weighted by Crippen LogP contribution is 2.39. The van der Waals surface area contributed by atoms with Crippen molar-refractivity contribution >= 4 is 65.7 Å². The number of furan rings is 2. The lowest BCUT2D eigenvalue weighted by molar-refractivity contribution is 0.664. The predicted molar refractivity (Wildman–Crippen MR) is 232 cm³/mol. The summed E-state index contributed by atoms with van der Waals surface area (Å²) >= 11 is 0. The molecule has 11 aromatic rings. The van der Waals surface area contributed by atoms with Crippen molar-refractivity contribution in [3.8, 4) is 39.3 Å². The summed E-state index contributed by atoms with van der Waals surface area (Å²) in [5, 5.41) is 6.71. The molecule has 8 aromatic carbocycles. The second kappa shape index (κ2) is 14.1. The lowest BCUT2D eigenvalue weighted by Crippen LogP contribution is -1.98. The first-order valence-corrected chi connectivity index (χ1v) is 19.2. The minimum atomic E-state index is 0.869. The standard InChI is InChI=1S/C47H28N2O2.2C2H6/c1-2-9-29(10-3-1)47-48-41-14-5-6-15-42(41)49(47)36-12-8-11-30(25-36)31-17-18-33-24-34(20-19-32(33)23-31)35-21-22-44-38(26-35)40-28-45-39(27-46(40)51-44)37-13-4-7-16-43(37)50-45;2*1-2/h1-28H;2*1-2H3. The van der Waals surface area contributed by atoms with Gasteiger partial charge in [-0.15, -0.1) is 0 Å². The molecule has 0 amide bonds. The molecule has 266 valence electrons. The lowest BCUT2D eigenvalue weighted by Gasteiger charge is -2.12. The molecule has 0 saturated carbocycles. The number of aromatic nitrogens is 2. The number of fused-ring (bicyclic) bond motifs is 8. The molecule has 0 bridgehead atoms. The van der Waals surface area contributed by atoms with Crippen LogP contribution in [0.3, 0.4) is 0 Å². The Bertz CT molecular complexity index is 3140. The Morgan fingerprint density at radius 2 is 0.927 bits per heavy atom. The molecule has 4 nitrogen and oxygen atoms in total. The quantitative estimate of drug-likeness (QED) is 0.182. The molecule has 0 fully saturated rings. The first-order valence-electron chi connectivity index (χ1n) is 19.2. The number of benzene rings is 8. The zero-order chi connectivity index (χ0) is 37.5. The molecule has 3 aromatic heterocycles. The Hall–Kier alpha value is -6.91. The molecule has 11 rings (SSSR count). The molecule has 0 unspecified atom stereocenters. The molecular weight excluding hydrogens is 673 g/mol. The Morgan fingerprint density at radius 3 is 1.67 bits per heavy atom. The number of para-hydroxylation sites is 3. The van der Waals surface area contributed by atoms with Crippen molar-refractivity contribution in [1.82, 2.24) is 9.55 Å². The average molecular weight is 713 g/mol. The first kappa shape index (κ1) is 33.9. The Labute approximate surface area is 319 Å². The summed E-state index contributed by atoms with van der Waals surface area (Å²) in [5.41, 5.74) is 12.4. The van der Waals surface area contributed by atoms with E-state index in [0.29, 0.717) is 0 Å². The molecule has 0 aliphatic heterocycles. The third-order valence-corrected chi connectivity index (χ3v) is 10.2. The largest absolute Gasteiger partial charge is 0.456 e. The monoisotopic (exact) mass is 712 g/mol. The van der Waals surface area contributed by atoms with Gasteiger partial charge in [-0.1, -0.05) is 131 Å². The second-order valence-corrected chi connectivity index (χ2v) is 13.2. The highest BCUT2D eigenvalue weighted by molar-refractivity contribution is 6.15. The maximum absolute atomic E-state index is 6.33. The van der Waals surface area contributed by atoms with Gasteiger partial charge in [-0.05, 0) is 99.8 Å². The van der Waals surface area contributed by atoms with Crippen LogP contribution < -0.4 is 0 Å². The van der Waals surface area contributed by atoms with Gasteiger partial charge < -0.3 is 8.83 Å². The van der Waals surface area contributed by atoms with Crippen LogP contribution in [0.15, 0.2) is 179 Å². The Kier molecular flexibility index (Phi) is 8.72. The molecule has 55 heavy (non-hydrogen) atoms. The summed E-state index contributed by atoms with van der Waals surface area (Å²) < 4.78 is 14.8. The summed E-state index contributed by atoms with van der Waals surface area (Å²) in [6.07, 6.45) is 0. The van der Waals surface area contributed by atoms with Gasteiger partial charge in [-0.25, -0.2) is 4.98 Å². The van der Waals surface area contributed by atoms with Crippen molar-refractivity contribution in [3.05, 3.63) is 170 Å². The molecule has 0 spiro atoms. The SMILES string of the molecule is CC.CC.c1ccc(-c2nc3ccccc3n2-c2cccc(-c3ccc4cc(-c5ccc6oc7cc8c(cc7c6c5)oc5ccccc58)ccc4c3)c2)cc1. The van der Waals surface area contributed by atoms with Gasteiger partial charge in [-0.2, -0.15) is 0 Å². The van der Waals surface area contributed by atoms with E-state index < -0.39 is 0 Å². The van der Waals surface area contributed by atoms with E-state index in [2.05, 4.69) is 144 Å². The molecule has 4 heteroatoms. The van der Waals surface area contributed by atoms with Crippen LogP contribution in [-0.4, -0.2) is 9.55 Å². The normalized spacial score (nSPS) is 11.3. The molecule has 3 heterocycles. The molecule has 0 atom stereocenters. The van der Waals surface area contributed by atoms with Crippen LogP contribution in [0.2, 0.25) is 0 Å². The van der Waals surface area contributed by atoms with E-state index in [9.17, 15) is 0 Å².